The lowest BCUT2D eigenvalue weighted by molar-refractivity contribution is 0.0830. The number of ether oxygens (including phenoxy) is 2. The quantitative estimate of drug-likeness (QED) is 0.780. The molecule has 3 nitrogen and oxygen atoms in total. The van der Waals surface area contributed by atoms with E-state index >= 15 is 0 Å². The van der Waals surface area contributed by atoms with Gasteiger partial charge in [0.25, 0.3) is 0 Å². The van der Waals surface area contributed by atoms with E-state index in [0.29, 0.717) is 6.10 Å². The molecule has 0 saturated heterocycles. The van der Waals surface area contributed by atoms with Crippen molar-refractivity contribution < 1.29 is 9.47 Å². The summed E-state index contributed by atoms with van der Waals surface area (Å²) in [5, 5.41) is 3.54. The van der Waals surface area contributed by atoms with Crippen molar-refractivity contribution in [2.24, 2.45) is 0 Å². The van der Waals surface area contributed by atoms with Crippen LogP contribution in [0.25, 0.3) is 0 Å². The second kappa shape index (κ2) is 6.92. The molecule has 0 aromatic heterocycles. The Morgan fingerprint density at radius 2 is 1.95 bits per heavy atom. The standard InChI is InChI=1S/C16H25NO2/c1-4-11-17-16(12(2)18-3)13-5-7-14(8-6-13)19-15-9-10-15/h5-8,12,15-17H,4,9-11H2,1-3H3. The van der Waals surface area contributed by atoms with E-state index in [1.54, 1.807) is 7.11 Å². The van der Waals surface area contributed by atoms with Crippen molar-refractivity contribution in [1.29, 1.82) is 0 Å². The highest BCUT2D eigenvalue weighted by Gasteiger charge is 2.24. The van der Waals surface area contributed by atoms with E-state index in [1.165, 1.54) is 18.4 Å². The molecule has 0 heterocycles. The van der Waals surface area contributed by atoms with Gasteiger partial charge in [-0.3, -0.25) is 0 Å². The van der Waals surface area contributed by atoms with Crippen LogP contribution in [-0.2, 0) is 4.74 Å². The summed E-state index contributed by atoms with van der Waals surface area (Å²) in [4.78, 5) is 0. The monoisotopic (exact) mass is 263 g/mol. The van der Waals surface area contributed by atoms with Gasteiger partial charge in [0.15, 0.2) is 0 Å². The smallest absolute Gasteiger partial charge is 0.119 e. The summed E-state index contributed by atoms with van der Waals surface area (Å²) < 4.78 is 11.3. The molecule has 19 heavy (non-hydrogen) atoms. The molecule has 0 radical (unpaired) electrons. The molecule has 1 aromatic carbocycles. The second-order valence-electron chi connectivity index (χ2n) is 5.26. The predicted molar refractivity (Wildman–Crippen MR) is 77.6 cm³/mol. The van der Waals surface area contributed by atoms with Gasteiger partial charge in [-0.15, -0.1) is 0 Å². The zero-order chi connectivity index (χ0) is 13.7. The first kappa shape index (κ1) is 14.4. The van der Waals surface area contributed by atoms with E-state index in [1.807, 2.05) is 0 Å². The molecule has 0 aliphatic heterocycles. The molecule has 1 aliphatic carbocycles. The molecule has 0 spiro atoms. The summed E-state index contributed by atoms with van der Waals surface area (Å²) >= 11 is 0. The molecule has 2 unspecified atom stereocenters. The highest BCUT2D eigenvalue weighted by atomic mass is 16.5. The van der Waals surface area contributed by atoms with Gasteiger partial charge in [0.1, 0.15) is 5.75 Å². The summed E-state index contributed by atoms with van der Waals surface area (Å²) in [6.45, 7) is 5.27. The van der Waals surface area contributed by atoms with Crippen molar-refractivity contribution in [3.05, 3.63) is 29.8 Å². The average Bonchev–Trinajstić information content (AvgIpc) is 3.24. The van der Waals surface area contributed by atoms with E-state index < -0.39 is 0 Å². The molecule has 1 aliphatic rings. The Morgan fingerprint density at radius 1 is 1.26 bits per heavy atom. The van der Waals surface area contributed by atoms with Crippen molar-refractivity contribution in [1.82, 2.24) is 5.32 Å². The van der Waals surface area contributed by atoms with Gasteiger partial charge in [0.2, 0.25) is 0 Å². The second-order valence-corrected chi connectivity index (χ2v) is 5.26. The lowest BCUT2D eigenvalue weighted by Gasteiger charge is -2.24. The van der Waals surface area contributed by atoms with Gasteiger partial charge in [0.05, 0.1) is 18.2 Å². The van der Waals surface area contributed by atoms with Crippen molar-refractivity contribution in [3.63, 3.8) is 0 Å². The summed E-state index contributed by atoms with van der Waals surface area (Å²) in [6, 6.07) is 8.65. The Bertz CT molecular complexity index is 373. The molecule has 1 fully saturated rings. The molecule has 3 heteroatoms. The summed E-state index contributed by atoms with van der Waals surface area (Å²) in [6.07, 6.45) is 4.13. The summed E-state index contributed by atoms with van der Waals surface area (Å²) in [5.74, 6) is 0.977. The van der Waals surface area contributed by atoms with Crippen molar-refractivity contribution in [3.8, 4) is 5.75 Å². The van der Waals surface area contributed by atoms with Crippen LogP contribution in [0.3, 0.4) is 0 Å². The van der Waals surface area contributed by atoms with Crippen LogP contribution in [0, 0.1) is 0 Å². The van der Waals surface area contributed by atoms with Crippen LogP contribution < -0.4 is 10.1 Å². The van der Waals surface area contributed by atoms with Crippen molar-refractivity contribution >= 4 is 0 Å². The number of hydrogen-bond donors (Lipinski definition) is 1. The molecular weight excluding hydrogens is 238 g/mol. The minimum Gasteiger partial charge on any atom is -0.490 e. The summed E-state index contributed by atoms with van der Waals surface area (Å²) in [5.41, 5.74) is 1.26. The zero-order valence-electron chi connectivity index (χ0n) is 12.2. The Morgan fingerprint density at radius 3 is 2.47 bits per heavy atom. The molecule has 2 rings (SSSR count). The number of benzene rings is 1. The van der Waals surface area contributed by atoms with Crippen LogP contribution >= 0.6 is 0 Å². The number of nitrogens with one attached hydrogen (secondary N) is 1. The van der Waals surface area contributed by atoms with E-state index in [2.05, 4.69) is 43.4 Å². The van der Waals surface area contributed by atoms with Crippen LogP contribution in [-0.4, -0.2) is 25.9 Å². The fourth-order valence-corrected chi connectivity index (χ4v) is 2.12. The van der Waals surface area contributed by atoms with E-state index in [9.17, 15) is 0 Å². The first-order valence-electron chi connectivity index (χ1n) is 7.27. The van der Waals surface area contributed by atoms with Crippen LogP contribution in [0.1, 0.15) is 44.7 Å². The third kappa shape index (κ3) is 4.22. The molecule has 0 amide bonds. The lowest BCUT2D eigenvalue weighted by atomic mass is 10.0. The van der Waals surface area contributed by atoms with Crippen LogP contribution in [0.4, 0.5) is 0 Å². The largest absolute Gasteiger partial charge is 0.490 e. The highest BCUT2D eigenvalue weighted by molar-refractivity contribution is 5.30. The minimum absolute atomic E-state index is 0.154. The third-order valence-corrected chi connectivity index (χ3v) is 3.52. The first-order chi connectivity index (χ1) is 9.24. The molecule has 106 valence electrons. The van der Waals surface area contributed by atoms with Gasteiger partial charge >= 0.3 is 0 Å². The number of hydrogen-bond acceptors (Lipinski definition) is 3. The number of rotatable bonds is 8. The average molecular weight is 263 g/mol. The van der Waals surface area contributed by atoms with Gasteiger partial charge in [-0.2, -0.15) is 0 Å². The van der Waals surface area contributed by atoms with E-state index in [4.69, 9.17) is 9.47 Å². The normalized spacial score (nSPS) is 18.1. The van der Waals surface area contributed by atoms with Crippen molar-refractivity contribution in [2.45, 2.75) is 51.4 Å². The SMILES string of the molecule is CCCNC(c1ccc(OC2CC2)cc1)C(C)OC. The van der Waals surface area contributed by atoms with Crippen LogP contribution in [0.15, 0.2) is 24.3 Å². The van der Waals surface area contributed by atoms with Gasteiger partial charge in [-0.1, -0.05) is 19.1 Å². The molecule has 2 atom stereocenters. The molecule has 1 N–H and O–H groups in total. The Balaban J connectivity index is 2.02. The predicted octanol–water partition coefficient (Wildman–Crippen LogP) is 3.30. The summed E-state index contributed by atoms with van der Waals surface area (Å²) in [7, 11) is 1.76. The third-order valence-electron chi connectivity index (χ3n) is 3.52. The fourth-order valence-electron chi connectivity index (χ4n) is 2.12. The minimum atomic E-state index is 0.154. The zero-order valence-corrected chi connectivity index (χ0v) is 12.2. The lowest BCUT2D eigenvalue weighted by Crippen LogP contribution is -2.31. The van der Waals surface area contributed by atoms with Gasteiger partial charge in [-0.05, 0) is 50.4 Å². The van der Waals surface area contributed by atoms with Gasteiger partial charge in [0, 0.05) is 7.11 Å². The molecule has 1 aromatic rings. The molecule has 1 saturated carbocycles. The maximum atomic E-state index is 5.78. The number of methoxy groups -OCH3 is 1. The van der Waals surface area contributed by atoms with Gasteiger partial charge in [-0.25, -0.2) is 0 Å². The Kier molecular flexibility index (Phi) is 5.23. The highest BCUT2D eigenvalue weighted by Crippen LogP contribution is 2.28. The van der Waals surface area contributed by atoms with E-state index in [0.717, 1.165) is 18.7 Å². The topological polar surface area (TPSA) is 30.5 Å². The maximum Gasteiger partial charge on any atom is 0.119 e. The molecular formula is C16H25NO2. The first-order valence-corrected chi connectivity index (χ1v) is 7.27. The van der Waals surface area contributed by atoms with E-state index in [-0.39, 0.29) is 12.1 Å². The van der Waals surface area contributed by atoms with Gasteiger partial charge < -0.3 is 14.8 Å². The van der Waals surface area contributed by atoms with Crippen LogP contribution in [0.2, 0.25) is 0 Å². The van der Waals surface area contributed by atoms with Crippen molar-refractivity contribution in [2.75, 3.05) is 13.7 Å². The fraction of sp³-hybridized carbons (Fsp3) is 0.625. The Labute approximate surface area is 116 Å². The maximum absolute atomic E-state index is 5.78. The molecule has 0 bridgehead atoms. The Hall–Kier alpha value is -1.06. The van der Waals surface area contributed by atoms with Crippen LogP contribution in [0.5, 0.6) is 5.75 Å².